The Morgan fingerprint density at radius 3 is 2.78 bits per heavy atom. The Balaban J connectivity index is 1.68. The lowest BCUT2D eigenvalue weighted by atomic mass is 10.0. The first-order chi connectivity index (χ1) is 11.0. The maximum Gasteiger partial charge on any atom is 0.315 e. The number of ether oxygens (including phenoxy) is 1. The second kappa shape index (κ2) is 8.74. The molecule has 0 bridgehead atoms. The number of amides is 2. The van der Waals surface area contributed by atoms with E-state index in [2.05, 4.69) is 16.0 Å². The molecule has 0 aliphatic carbocycles. The molecule has 0 aromatic heterocycles. The molecule has 1 aromatic carbocycles. The molecule has 2 amide bonds. The van der Waals surface area contributed by atoms with Crippen LogP contribution in [0.5, 0.6) is 5.75 Å². The average Bonchev–Trinajstić information content (AvgIpc) is 2.51. The van der Waals surface area contributed by atoms with Gasteiger partial charge in [-0.15, -0.1) is 0 Å². The highest BCUT2D eigenvalue weighted by Crippen LogP contribution is 2.13. The monoisotopic (exact) mass is 321 g/mol. The normalized spacial score (nSPS) is 21.0. The fraction of sp³-hybridized carbons (Fsp3) is 0.588. The van der Waals surface area contributed by atoms with Crippen LogP contribution < -0.4 is 20.7 Å². The molecule has 4 N–H and O–H groups in total. The van der Waals surface area contributed by atoms with E-state index in [9.17, 15) is 9.90 Å². The van der Waals surface area contributed by atoms with Gasteiger partial charge in [-0.3, -0.25) is 0 Å². The summed E-state index contributed by atoms with van der Waals surface area (Å²) >= 11 is 0. The van der Waals surface area contributed by atoms with Gasteiger partial charge in [0.2, 0.25) is 0 Å². The molecule has 2 atom stereocenters. The standard InChI is InChI=1S/C17H27N3O3/c1-12(2)23-14-5-3-13(4-6-14)7-10-19-17(22)20-15-8-9-18-11-16(15)21/h3-6,12,15-16,18,21H,7-11H2,1-2H3,(H2,19,20,22)/t15-,16-/m1/s1. The van der Waals surface area contributed by atoms with Crippen LogP contribution in [0.1, 0.15) is 25.8 Å². The van der Waals surface area contributed by atoms with E-state index in [1.165, 1.54) is 0 Å². The van der Waals surface area contributed by atoms with Gasteiger partial charge in [-0.1, -0.05) is 12.1 Å². The molecule has 0 spiro atoms. The van der Waals surface area contributed by atoms with Gasteiger partial charge >= 0.3 is 6.03 Å². The molecule has 1 fully saturated rings. The summed E-state index contributed by atoms with van der Waals surface area (Å²) in [5.74, 6) is 0.856. The highest BCUT2D eigenvalue weighted by Gasteiger charge is 2.23. The third kappa shape index (κ3) is 6.08. The number of piperidine rings is 1. The molecule has 0 radical (unpaired) electrons. The fourth-order valence-electron chi connectivity index (χ4n) is 2.56. The third-order valence-electron chi connectivity index (χ3n) is 3.76. The molecule has 1 heterocycles. The Labute approximate surface area is 137 Å². The molecular weight excluding hydrogens is 294 g/mol. The minimum atomic E-state index is -0.525. The zero-order chi connectivity index (χ0) is 16.7. The van der Waals surface area contributed by atoms with Crippen molar-refractivity contribution in [3.05, 3.63) is 29.8 Å². The Morgan fingerprint density at radius 1 is 1.39 bits per heavy atom. The van der Waals surface area contributed by atoms with Crippen LogP contribution in [0.4, 0.5) is 4.79 Å². The van der Waals surface area contributed by atoms with E-state index in [1.807, 2.05) is 38.1 Å². The number of urea groups is 1. The fourth-order valence-corrected chi connectivity index (χ4v) is 2.56. The number of nitrogens with one attached hydrogen (secondary N) is 3. The van der Waals surface area contributed by atoms with Gasteiger partial charge in [-0.25, -0.2) is 4.79 Å². The largest absolute Gasteiger partial charge is 0.491 e. The molecule has 1 saturated heterocycles. The van der Waals surface area contributed by atoms with Gasteiger partial charge in [-0.05, 0) is 50.9 Å². The van der Waals surface area contributed by atoms with E-state index >= 15 is 0 Å². The van der Waals surface area contributed by atoms with Crippen molar-refractivity contribution in [1.82, 2.24) is 16.0 Å². The first-order valence-corrected chi connectivity index (χ1v) is 8.23. The van der Waals surface area contributed by atoms with Gasteiger partial charge in [0.15, 0.2) is 0 Å². The molecule has 1 aliphatic heterocycles. The third-order valence-corrected chi connectivity index (χ3v) is 3.76. The number of carbonyl (C=O) groups excluding carboxylic acids is 1. The number of hydrogen-bond donors (Lipinski definition) is 4. The van der Waals surface area contributed by atoms with E-state index in [0.717, 1.165) is 30.7 Å². The predicted molar refractivity (Wildman–Crippen MR) is 89.7 cm³/mol. The van der Waals surface area contributed by atoms with Gasteiger partial charge in [0, 0.05) is 13.1 Å². The molecule has 2 rings (SSSR count). The molecule has 23 heavy (non-hydrogen) atoms. The molecule has 1 aliphatic rings. The summed E-state index contributed by atoms with van der Waals surface area (Å²) in [4.78, 5) is 11.8. The number of benzene rings is 1. The van der Waals surface area contributed by atoms with Crippen molar-refractivity contribution in [3.63, 3.8) is 0 Å². The maximum absolute atomic E-state index is 11.8. The second-order valence-electron chi connectivity index (χ2n) is 6.13. The van der Waals surface area contributed by atoms with E-state index in [1.54, 1.807) is 0 Å². The van der Waals surface area contributed by atoms with E-state index < -0.39 is 6.10 Å². The summed E-state index contributed by atoms with van der Waals surface area (Å²) in [5.41, 5.74) is 1.14. The van der Waals surface area contributed by atoms with Crippen LogP contribution in [0.15, 0.2) is 24.3 Å². The number of aliphatic hydroxyl groups is 1. The van der Waals surface area contributed by atoms with Crippen molar-refractivity contribution >= 4 is 6.03 Å². The highest BCUT2D eigenvalue weighted by atomic mass is 16.5. The maximum atomic E-state index is 11.8. The number of β-amino-alcohol motifs (C(OH)–C–C–N with tert-alkyl or cyclic N) is 1. The first kappa shape index (κ1) is 17.6. The summed E-state index contributed by atoms with van der Waals surface area (Å²) in [6.07, 6.45) is 1.13. The topological polar surface area (TPSA) is 82.6 Å². The number of carbonyl (C=O) groups is 1. The minimum Gasteiger partial charge on any atom is -0.491 e. The Bertz CT molecular complexity index is 490. The highest BCUT2D eigenvalue weighted by molar-refractivity contribution is 5.74. The van der Waals surface area contributed by atoms with Gasteiger partial charge in [0.05, 0.1) is 18.2 Å². The Morgan fingerprint density at radius 2 is 2.13 bits per heavy atom. The molecule has 6 heteroatoms. The van der Waals surface area contributed by atoms with Crippen LogP contribution in [0.3, 0.4) is 0 Å². The van der Waals surface area contributed by atoms with Gasteiger partial charge in [0.25, 0.3) is 0 Å². The van der Waals surface area contributed by atoms with Crippen LogP contribution in [0.25, 0.3) is 0 Å². The van der Waals surface area contributed by atoms with Crippen LogP contribution in [-0.2, 0) is 6.42 Å². The van der Waals surface area contributed by atoms with Crippen molar-refractivity contribution < 1.29 is 14.6 Å². The molecule has 1 aromatic rings. The van der Waals surface area contributed by atoms with Crippen molar-refractivity contribution in [2.24, 2.45) is 0 Å². The molecule has 128 valence electrons. The summed E-state index contributed by atoms with van der Waals surface area (Å²) in [6.45, 7) is 5.88. The van der Waals surface area contributed by atoms with Crippen molar-refractivity contribution in [1.29, 1.82) is 0 Å². The smallest absolute Gasteiger partial charge is 0.315 e. The average molecular weight is 321 g/mol. The molecule has 6 nitrogen and oxygen atoms in total. The summed E-state index contributed by atoms with van der Waals surface area (Å²) < 4.78 is 5.60. The number of aliphatic hydroxyl groups excluding tert-OH is 1. The lowest BCUT2D eigenvalue weighted by Gasteiger charge is -2.29. The van der Waals surface area contributed by atoms with Gasteiger partial charge < -0.3 is 25.8 Å². The Hall–Kier alpha value is -1.79. The zero-order valence-corrected chi connectivity index (χ0v) is 13.8. The number of rotatable bonds is 6. The quantitative estimate of drug-likeness (QED) is 0.631. The van der Waals surface area contributed by atoms with Gasteiger partial charge in [0.1, 0.15) is 5.75 Å². The minimum absolute atomic E-state index is 0.163. The summed E-state index contributed by atoms with van der Waals surface area (Å²) in [5, 5.41) is 18.5. The van der Waals surface area contributed by atoms with Crippen molar-refractivity contribution in [2.75, 3.05) is 19.6 Å². The van der Waals surface area contributed by atoms with Crippen LogP contribution in [0.2, 0.25) is 0 Å². The molecule has 0 saturated carbocycles. The predicted octanol–water partition coefficient (Wildman–Crippen LogP) is 1.04. The van der Waals surface area contributed by atoms with E-state index in [-0.39, 0.29) is 18.2 Å². The van der Waals surface area contributed by atoms with Crippen molar-refractivity contribution in [2.45, 2.75) is 44.9 Å². The van der Waals surface area contributed by atoms with Gasteiger partial charge in [-0.2, -0.15) is 0 Å². The zero-order valence-electron chi connectivity index (χ0n) is 13.8. The lowest BCUT2D eigenvalue weighted by molar-refractivity contribution is 0.106. The molecular formula is C17H27N3O3. The van der Waals surface area contributed by atoms with Crippen LogP contribution in [-0.4, -0.2) is 49.0 Å². The molecule has 0 unspecified atom stereocenters. The van der Waals surface area contributed by atoms with Crippen LogP contribution >= 0.6 is 0 Å². The van der Waals surface area contributed by atoms with E-state index in [0.29, 0.717) is 13.1 Å². The summed E-state index contributed by atoms with van der Waals surface area (Å²) in [6, 6.07) is 7.50. The SMILES string of the molecule is CC(C)Oc1ccc(CCNC(=O)N[C@@H]2CCNC[C@H]2O)cc1. The van der Waals surface area contributed by atoms with E-state index in [4.69, 9.17) is 4.74 Å². The first-order valence-electron chi connectivity index (χ1n) is 8.23. The second-order valence-corrected chi connectivity index (χ2v) is 6.13. The van der Waals surface area contributed by atoms with Crippen LogP contribution in [0, 0.1) is 0 Å². The Kier molecular flexibility index (Phi) is 6.67. The van der Waals surface area contributed by atoms with Crippen molar-refractivity contribution in [3.8, 4) is 5.75 Å². The summed E-state index contributed by atoms with van der Waals surface area (Å²) in [7, 11) is 0. The number of hydrogen-bond acceptors (Lipinski definition) is 4. The lowest BCUT2D eigenvalue weighted by Crippen LogP contribution is -2.54.